The smallest absolute Gasteiger partial charge is 0.139 e. The Morgan fingerprint density at radius 1 is 1.05 bits per heavy atom. The molecule has 0 aromatic heterocycles. The third-order valence-corrected chi connectivity index (χ3v) is 8.07. The van der Waals surface area contributed by atoms with E-state index in [4.69, 9.17) is 0 Å². The average Bonchev–Trinajstić information content (AvgIpc) is 2.76. The lowest BCUT2D eigenvalue weighted by Gasteiger charge is -2.55. The fourth-order valence-corrected chi connectivity index (χ4v) is 6.79. The fourth-order valence-electron chi connectivity index (χ4n) is 6.79. The minimum atomic E-state index is -0.0651. The minimum Gasteiger partial charge on any atom is -0.393 e. The molecule has 4 aliphatic rings. The summed E-state index contributed by atoms with van der Waals surface area (Å²) in [6.45, 7) is 4.50. The van der Waals surface area contributed by atoms with Crippen LogP contribution in [0, 0.1) is 40.9 Å². The number of aliphatic hydroxyl groups excluding tert-OH is 1. The van der Waals surface area contributed by atoms with E-state index in [0.717, 1.165) is 49.4 Å². The molecule has 4 rings (SSSR count). The summed E-state index contributed by atoms with van der Waals surface area (Å²) >= 11 is 0. The Hall–Kier alpha value is -0.370. The number of carbonyl (C=O) groups is 1. The molecule has 4 fully saturated rings. The third-order valence-electron chi connectivity index (χ3n) is 8.07. The molecule has 0 aromatic rings. The second-order valence-electron chi connectivity index (χ2n) is 8.87. The van der Waals surface area contributed by atoms with E-state index in [2.05, 4.69) is 13.8 Å². The molecule has 0 aliphatic heterocycles. The van der Waals surface area contributed by atoms with Crippen molar-refractivity contribution >= 4 is 5.78 Å². The van der Waals surface area contributed by atoms with Crippen LogP contribution in [0.25, 0.3) is 0 Å². The highest BCUT2D eigenvalue weighted by molar-refractivity contribution is 5.87. The molecule has 4 aliphatic carbocycles. The number of Topliss-reactive ketones (excluding diaryl/α,β-unsaturated/α-hetero) is 1. The van der Waals surface area contributed by atoms with Crippen molar-refractivity contribution in [3.8, 4) is 0 Å². The third kappa shape index (κ3) is 1.97. The molecular formula is C19H30O2. The standard InChI is InChI=1S/C19H30O2/c1-11-9-15-12(10-17(11)20)3-4-14-13(15)7-8-19(2)16(14)5-6-18(19)21/h11-17,20H,3-10H2,1-2H3/t11-,12+,13+,14-,15+,16+,17?,19+/m1/s1. The van der Waals surface area contributed by atoms with E-state index in [9.17, 15) is 9.90 Å². The van der Waals surface area contributed by atoms with Crippen molar-refractivity contribution in [1.82, 2.24) is 0 Å². The number of hydrogen-bond acceptors (Lipinski definition) is 2. The zero-order valence-corrected chi connectivity index (χ0v) is 13.6. The van der Waals surface area contributed by atoms with Crippen LogP contribution in [0.4, 0.5) is 0 Å². The van der Waals surface area contributed by atoms with Crippen LogP contribution in [0.15, 0.2) is 0 Å². The van der Waals surface area contributed by atoms with Crippen molar-refractivity contribution in [2.24, 2.45) is 40.9 Å². The first-order chi connectivity index (χ1) is 10.0. The lowest BCUT2D eigenvalue weighted by atomic mass is 9.50. The Morgan fingerprint density at radius 3 is 2.67 bits per heavy atom. The number of fused-ring (bicyclic) bond motifs is 5. The predicted octanol–water partition coefficient (Wildman–Crippen LogP) is 3.82. The lowest BCUT2D eigenvalue weighted by Crippen LogP contribution is -2.50. The van der Waals surface area contributed by atoms with E-state index in [-0.39, 0.29) is 11.5 Å². The normalized spacial score (nSPS) is 56.5. The van der Waals surface area contributed by atoms with Crippen molar-refractivity contribution in [2.45, 2.75) is 71.3 Å². The van der Waals surface area contributed by atoms with E-state index in [0.29, 0.717) is 17.6 Å². The van der Waals surface area contributed by atoms with Gasteiger partial charge in [-0.05, 0) is 80.5 Å². The molecule has 1 N–H and O–H groups in total. The fraction of sp³-hybridized carbons (Fsp3) is 0.947. The van der Waals surface area contributed by atoms with Gasteiger partial charge in [0, 0.05) is 11.8 Å². The van der Waals surface area contributed by atoms with Gasteiger partial charge in [-0.25, -0.2) is 0 Å². The maximum atomic E-state index is 12.3. The van der Waals surface area contributed by atoms with Crippen LogP contribution in [0.2, 0.25) is 0 Å². The van der Waals surface area contributed by atoms with E-state index in [1.165, 1.54) is 25.7 Å². The van der Waals surface area contributed by atoms with Gasteiger partial charge in [0.05, 0.1) is 6.10 Å². The van der Waals surface area contributed by atoms with Crippen molar-refractivity contribution in [2.75, 3.05) is 0 Å². The summed E-state index contributed by atoms with van der Waals surface area (Å²) in [4.78, 5) is 12.3. The summed E-state index contributed by atoms with van der Waals surface area (Å²) in [6.07, 6.45) is 9.23. The van der Waals surface area contributed by atoms with Gasteiger partial charge in [-0.2, -0.15) is 0 Å². The Balaban J connectivity index is 1.58. The molecule has 2 nitrogen and oxygen atoms in total. The maximum Gasteiger partial charge on any atom is 0.139 e. The highest BCUT2D eigenvalue weighted by Gasteiger charge is 2.57. The summed E-state index contributed by atoms with van der Waals surface area (Å²) in [5.74, 6) is 4.96. The number of rotatable bonds is 0. The molecule has 0 spiro atoms. The quantitative estimate of drug-likeness (QED) is 0.736. The van der Waals surface area contributed by atoms with Gasteiger partial charge in [-0.3, -0.25) is 4.79 Å². The molecule has 0 aromatic carbocycles. The van der Waals surface area contributed by atoms with Crippen LogP contribution in [0.1, 0.15) is 65.2 Å². The second kappa shape index (κ2) is 4.81. The van der Waals surface area contributed by atoms with Gasteiger partial charge < -0.3 is 5.11 Å². The van der Waals surface area contributed by atoms with E-state index >= 15 is 0 Å². The van der Waals surface area contributed by atoms with Gasteiger partial charge in [0.25, 0.3) is 0 Å². The summed E-state index contributed by atoms with van der Waals surface area (Å²) < 4.78 is 0. The average molecular weight is 290 g/mol. The van der Waals surface area contributed by atoms with Crippen LogP contribution < -0.4 is 0 Å². The summed E-state index contributed by atoms with van der Waals surface area (Å²) in [6, 6.07) is 0. The summed E-state index contributed by atoms with van der Waals surface area (Å²) in [7, 11) is 0. The first kappa shape index (κ1) is 14.2. The van der Waals surface area contributed by atoms with E-state index in [1.54, 1.807) is 0 Å². The van der Waals surface area contributed by atoms with Crippen molar-refractivity contribution < 1.29 is 9.90 Å². The van der Waals surface area contributed by atoms with Crippen LogP contribution in [-0.4, -0.2) is 17.0 Å². The molecule has 2 heteroatoms. The molecular weight excluding hydrogens is 260 g/mol. The number of hydrogen-bond donors (Lipinski definition) is 1. The van der Waals surface area contributed by atoms with Gasteiger partial charge >= 0.3 is 0 Å². The van der Waals surface area contributed by atoms with Gasteiger partial charge in [0.1, 0.15) is 5.78 Å². The molecule has 0 radical (unpaired) electrons. The molecule has 21 heavy (non-hydrogen) atoms. The van der Waals surface area contributed by atoms with Crippen LogP contribution >= 0.6 is 0 Å². The number of aliphatic hydroxyl groups is 1. The van der Waals surface area contributed by atoms with E-state index in [1.807, 2.05) is 0 Å². The topological polar surface area (TPSA) is 37.3 Å². The van der Waals surface area contributed by atoms with Crippen molar-refractivity contribution in [1.29, 1.82) is 0 Å². The van der Waals surface area contributed by atoms with Crippen LogP contribution in [0.3, 0.4) is 0 Å². The van der Waals surface area contributed by atoms with Gasteiger partial charge in [-0.15, -0.1) is 0 Å². The van der Waals surface area contributed by atoms with E-state index < -0.39 is 0 Å². The summed E-state index contributed by atoms with van der Waals surface area (Å²) in [5, 5.41) is 10.2. The minimum absolute atomic E-state index is 0.0216. The first-order valence-corrected chi connectivity index (χ1v) is 9.22. The molecule has 8 atom stereocenters. The van der Waals surface area contributed by atoms with Gasteiger partial charge in [0.15, 0.2) is 0 Å². The molecule has 0 bridgehead atoms. The second-order valence-corrected chi connectivity index (χ2v) is 8.87. The Morgan fingerprint density at radius 2 is 1.86 bits per heavy atom. The largest absolute Gasteiger partial charge is 0.393 e. The molecule has 1 unspecified atom stereocenters. The summed E-state index contributed by atoms with van der Waals surface area (Å²) in [5.41, 5.74) is 0.0216. The monoisotopic (exact) mass is 290 g/mol. The maximum absolute atomic E-state index is 12.3. The van der Waals surface area contributed by atoms with Crippen LogP contribution in [0.5, 0.6) is 0 Å². The highest BCUT2D eigenvalue weighted by Crippen LogP contribution is 2.61. The Labute approximate surface area is 128 Å². The SMILES string of the molecule is C[C@@H]1C[C@H]2[C@@H](CC[C@@H]3[C@@H]2CC[C@]2(C)C(=O)CC[C@@H]32)CC1O. The van der Waals surface area contributed by atoms with Gasteiger partial charge in [0.2, 0.25) is 0 Å². The zero-order valence-electron chi connectivity index (χ0n) is 13.6. The predicted molar refractivity (Wildman–Crippen MR) is 82.7 cm³/mol. The van der Waals surface area contributed by atoms with Crippen LogP contribution in [-0.2, 0) is 4.79 Å². The number of ketones is 1. The lowest BCUT2D eigenvalue weighted by molar-refractivity contribution is -0.134. The molecule has 118 valence electrons. The molecule has 4 saturated carbocycles. The van der Waals surface area contributed by atoms with Crippen molar-refractivity contribution in [3.05, 3.63) is 0 Å². The Kier molecular flexibility index (Phi) is 3.26. The number of carbonyl (C=O) groups excluding carboxylic acids is 1. The zero-order chi connectivity index (χ0) is 14.8. The highest BCUT2D eigenvalue weighted by atomic mass is 16.3. The Bertz CT molecular complexity index is 445. The van der Waals surface area contributed by atoms with Gasteiger partial charge in [-0.1, -0.05) is 13.8 Å². The first-order valence-electron chi connectivity index (χ1n) is 9.22. The van der Waals surface area contributed by atoms with Crippen molar-refractivity contribution in [3.63, 3.8) is 0 Å². The molecule has 0 heterocycles. The molecule has 0 amide bonds. The molecule has 0 saturated heterocycles.